The Labute approximate surface area is 120 Å². The molecule has 0 spiro atoms. The Morgan fingerprint density at radius 3 is 2.67 bits per heavy atom. The molecule has 2 nitrogen and oxygen atoms in total. The van der Waals surface area contributed by atoms with E-state index in [9.17, 15) is 0 Å². The summed E-state index contributed by atoms with van der Waals surface area (Å²) in [6.45, 7) is 2.54. The number of nitrogens with two attached hydrogens (primary N) is 1. The predicted molar refractivity (Wildman–Crippen MR) is 79.1 cm³/mol. The Kier molecular flexibility index (Phi) is 4.15. The van der Waals surface area contributed by atoms with E-state index >= 15 is 0 Å². The van der Waals surface area contributed by atoms with Crippen LogP contribution in [0.15, 0.2) is 40.9 Å². The van der Waals surface area contributed by atoms with Gasteiger partial charge in [-0.3, -0.25) is 0 Å². The molecule has 0 bridgehead atoms. The molecule has 2 aromatic carbocycles. The number of nitrogen functional groups attached to an aromatic ring is 1. The summed E-state index contributed by atoms with van der Waals surface area (Å²) in [5, 5.41) is 0.586. The third-order valence-corrected chi connectivity index (χ3v) is 3.48. The van der Waals surface area contributed by atoms with E-state index < -0.39 is 0 Å². The smallest absolute Gasteiger partial charge is 0.156 e. The van der Waals surface area contributed by atoms with Gasteiger partial charge in [-0.1, -0.05) is 35.9 Å². The first-order valence-electron chi connectivity index (χ1n) is 5.50. The molecule has 0 aliphatic carbocycles. The molecule has 0 saturated heterocycles. The summed E-state index contributed by atoms with van der Waals surface area (Å²) in [6, 6.07) is 11.5. The number of benzene rings is 2. The summed E-state index contributed by atoms with van der Waals surface area (Å²) in [7, 11) is 0. The van der Waals surface area contributed by atoms with E-state index in [1.165, 1.54) is 5.56 Å². The Bertz CT molecular complexity index is 548. The summed E-state index contributed by atoms with van der Waals surface area (Å²) >= 11 is 9.30. The van der Waals surface area contributed by atoms with Gasteiger partial charge < -0.3 is 10.5 Å². The van der Waals surface area contributed by atoms with Crippen LogP contribution in [0.2, 0.25) is 5.02 Å². The molecule has 4 heteroatoms. The average Bonchev–Trinajstić information content (AvgIpc) is 2.30. The van der Waals surface area contributed by atoms with Crippen molar-refractivity contribution in [2.75, 3.05) is 5.73 Å². The fourth-order valence-corrected chi connectivity index (χ4v) is 2.60. The van der Waals surface area contributed by atoms with Crippen LogP contribution >= 0.6 is 27.5 Å². The third kappa shape index (κ3) is 2.98. The lowest BCUT2D eigenvalue weighted by Gasteiger charge is -2.12. The molecule has 0 amide bonds. The van der Waals surface area contributed by atoms with Gasteiger partial charge in [-0.25, -0.2) is 0 Å². The van der Waals surface area contributed by atoms with E-state index in [2.05, 4.69) is 28.9 Å². The van der Waals surface area contributed by atoms with Crippen LogP contribution in [-0.2, 0) is 6.61 Å². The molecule has 2 N–H and O–H groups in total. The highest BCUT2D eigenvalue weighted by Crippen LogP contribution is 2.35. The number of aryl methyl sites for hydroxylation is 1. The molecular formula is C14H13BrClNO. The van der Waals surface area contributed by atoms with Gasteiger partial charge >= 0.3 is 0 Å². The van der Waals surface area contributed by atoms with E-state index in [-0.39, 0.29) is 0 Å². The van der Waals surface area contributed by atoms with Gasteiger partial charge in [-0.2, -0.15) is 0 Å². The van der Waals surface area contributed by atoms with Crippen molar-refractivity contribution in [2.24, 2.45) is 0 Å². The fourth-order valence-electron chi connectivity index (χ4n) is 1.65. The van der Waals surface area contributed by atoms with Crippen molar-refractivity contribution in [3.05, 3.63) is 57.0 Å². The van der Waals surface area contributed by atoms with Crippen LogP contribution in [0.4, 0.5) is 5.69 Å². The molecule has 0 fully saturated rings. The zero-order valence-corrected chi connectivity index (χ0v) is 12.3. The molecular weight excluding hydrogens is 314 g/mol. The minimum Gasteiger partial charge on any atom is -0.486 e. The quantitative estimate of drug-likeness (QED) is 0.838. The molecule has 0 unspecified atom stereocenters. The minimum atomic E-state index is 0.483. The maximum Gasteiger partial charge on any atom is 0.156 e. The minimum absolute atomic E-state index is 0.483. The second-order valence-corrected chi connectivity index (χ2v) is 5.31. The SMILES string of the molecule is Cc1ccccc1COc1c(N)cc(Cl)cc1Br. The predicted octanol–water partition coefficient (Wildman–Crippen LogP) is 4.57. The Balaban J connectivity index is 2.19. The van der Waals surface area contributed by atoms with Crippen LogP contribution in [0.5, 0.6) is 5.75 Å². The topological polar surface area (TPSA) is 35.2 Å². The second-order valence-electron chi connectivity index (χ2n) is 4.02. The molecule has 0 heterocycles. The van der Waals surface area contributed by atoms with Gasteiger partial charge in [0.25, 0.3) is 0 Å². The fraction of sp³-hybridized carbons (Fsp3) is 0.143. The summed E-state index contributed by atoms with van der Waals surface area (Å²) in [4.78, 5) is 0. The van der Waals surface area contributed by atoms with Gasteiger partial charge in [0.15, 0.2) is 5.75 Å². The van der Waals surface area contributed by atoms with Crippen molar-refractivity contribution >= 4 is 33.2 Å². The molecule has 0 atom stereocenters. The van der Waals surface area contributed by atoms with Crippen LogP contribution in [0.25, 0.3) is 0 Å². The van der Waals surface area contributed by atoms with Crippen molar-refractivity contribution in [1.82, 2.24) is 0 Å². The molecule has 18 heavy (non-hydrogen) atoms. The van der Waals surface area contributed by atoms with Gasteiger partial charge in [-0.15, -0.1) is 0 Å². The molecule has 0 saturated carbocycles. The Morgan fingerprint density at radius 1 is 1.28 bits per heavy atom. The lowest BCUT2D eigenvalue weighted by molar-refractivity contribution is 0.305. The van der Waals surface area contributed by atoms with Gasteiger partial charge in [-0.05, 0) is 46.1 Å². The molecule has 2 aromatic rings. The van der Waals surface area contributed by atoms with Crippen LogP contribution in [0.3, 0.4) is 0 Å². The largest absolute Gasteiger partial charge is 0.486 e. The summed E-state index contributed by atoms with van der Waals surface area (Å²) < 4.78 is 6.52. The summed E-state index contributed by atoms with van der Waals surface area (Å²) in [6.07, 6.45) is 0. The van der Waals surface area contributed by atoms with Crippen molar-refractivity contribution in [1.29, 1.82) is 0 Å². The first kappa shape index (κ1) is 13.2. The van der Waals surface area contributed by atoms with Crippen LogP contribution in [-0.4, -0.2) is 0 Å². The van der Waals surface area contributed by atoms with E-state index in [1.54, 1.807) is 12.1 Å². The first-order chi connectivity index (χ1) is 8.58. The van der Waals surface area contributed by atoms with Crippen molar-refractivity contribution in [2.45, 2.75) is 13.5 Å². The standard InChI is InChI=1S/C14H13BrClNO/c1-9-4-2-3-5-10(9)8-18-14-12(15)6-11(16)7-13(14)17/h2-7H,8,17H2,1H3. The number of halogens is 2. The Morgan fingerprint density at radius 2 is 2.00 bits per heavy atom. The maximum absolute atomic E-state index is 5.90. The number of anilines is 1. The number of hydrogen-bond donors (Lipinski definition) is 1. The van der Waals surface area contributed by atoms with Crippen molar-refractivity contribution in [3.63, 3.8) is 0 Å². The number of hydrogen-bond acceptors (Lipinski definition) is 2. The van der Waals surface area contributed by atoms with Crippen LogP contribution < -0.4 is 10.5 Å². The van der Waals surface area contributed by atoms with Gasteiger partial charge in [0, 0.05) is 5.02 Å². The highest BCUT2D eigenvalue weighted by Gasteiger charge is 2.08. The monoisotopic (exact) mass is 325 g/mol. The van der Waals surface area contributed by atoms with Crippen molar-refractivity contribution < 1.29 is 4.74 Å². The molecule has 94 valence electrons. The molecule has 2 rings (SSSR count). The zero-order valence-electron chi connectivity index (χ0n) is 9.91. The Hall–Kier alpha value is -1.19. The highest BCUT2D eigenvalue weighted by atomic mass is 79.9. The molecule has 0 aromatic heterocycles. The number of rotatable bonds is 3. The zero-order chi connectivity index (χ0) is 13.1. The van der Waals surface area contributed by atoms with E-state index in [0.717, 1.165) is 10.0 Å². The van der Waals surface area contributed by atoms with E-state index in [4.69, 9.17) is 22.1 Å². The lowest BCUT2D eigenvalue weighted by atomic mass is 10.1. The third-order valence-electron chi connectivity index (χ3n) is 2.67. The number of ether oxygens (including phenoxy) is 1. The highest BCUT2D eigenvalue weighted by molar-refractivity contribution is 9.10. The molecule has 0 radical (unpaired) electrons. The van der Waals surface area contributed by atoms with Crippen LogP contribution in [0, 0.1) is 6.92 Å². The molecule has 0 aliphatic rings. The average molecular weight is 327 g/mol. The maximum atomic E-state index is 5.90. The second kappa shape index (κ2) is 5.63. The van der Waals surface area contributed by atoms with Gasteiger partial charge in [0.2, 0.25) is 0 Å². The van der Waals surface area contributed by atoms with E-state index in [0.29, 0.717) is 23.1 Å². The van der Waals surface area contributed by atoms with Gasteiger partial charge in [0.05, 0.1) is 10.2 Å². The summed E-state index contributed by atoms with van der Waals surface area (Å²) in [5.41, 5.74) is 8.75. The van der Waals surface area contributed by atoms with Crippen molar-refractivity contribution in [3.8, 4) is 5.75 Å². The van der Waals surface area contributed by atoms with E-state index in [1.807, 2.05) is 18.2 Å². The summed E-state index contributed by atoms with van der Waals surface area (Å²) in [5.74, 6) is 0.627. The normalized spacial score (nSPS) is 10.4. The molecule has 0 aliphatic heterocycles. The first-order valence-corrected chi connectivity index (χ1v) is 6.67. The lowest BCUT2D eigenvalue weighted by Crippen LogP contribution is -2.01. The van der Waals surface area contributed by atoms with Crippen LogP contribution in [0.1, 0.15) is 11.1 Å². The van der Waals surface area contributed by atoms with Gasteiger partial charge in [0.1, 0.15) is 6.61 Å².